The van der Waals surface area contributed by atoms with Crippen LogP contribution >= 0.6 is 11.8 Å². The van der Waals surface area contributed by atoms with Crippen LogP contribution in [0.2, 0.25) is 0 Å². The van der Waals surface area contributed by atoms with Gasteiger partial charge in [-0.15, -0.1) is 11.8 Å². The van der Waals surface area contributed by atoms with E-state index in [1.54, 1.807) is 21.6 Å². The number of amides is 3. The zero-order valence-electron chi connectivity index (χ0n) is 25.6. The van der Waals surface area contributed by atoms with Crippen molar-refractivity contribution in [3.63, 3.8) is 0 Å². The average Bonchev–Trinajstić information content (AvgIpc) is 3.32. The van der Waals surface area contributed by atoms with Gasteiger partial charge in [0, 0.05) is 42.9 Å². The third-order valence-corrected chi connectivity index (χ3v) is 11.1. The summed E-state index contributed by atoms with van der Waals surface area (Å²) in [6.45, 7) is 7.83. The molecule has 4 aliphatic heterocycles. The zero-order chi connectivity index (χ0) is 31.0. The Labute approximate surface area is 263 Å². The summed E-state index contributed by atoms with van der Waals surface area (Å²) in [5.74, 6) is -0.858. The molecule has 0 aliphatic carbocycles. The topological polar surface area (TPSA) is 90.4 Å². The van der Waals surface area contributed by atoms with Crippen LogP contribution in [-0.4, -0.2) is 76.6 Å². The summed E-state index contributed by atoms with van der Waals surface area (Å²) < 4.78 is 4.74. The van der Waals surface area contributed by atoms with Crippen LogP contribution in [0.5, 0.6) is 5.75 Å². The van der Waals surface area contributed by atoms with E-state index in [-0.39, 0.29) is 29.6 Å². The van der Waals surface area contributed by atoms with Crippen molar-refractivity contribution in [1.82, 2.24) is 4.90 Å². The smallest absolute Gasteiger partial charge is 0.251 e. The highest BCUT2D eigenvalue weighted by Crippen LogP contribution is 2.61. The molecule has 44 heavy (non-hydrogen) atoms. The van der Waals surface area contributed by atoms with Crippen molar-refractivity contribution >= 4 is 40.9 Å². The van der Waals surface area contributed by atoms with Gasteiger partial charge in [-0.3, -0.25) is 14.4 Å². The fourth-order valence-electron chi connectivity index (χ4n) is 7.50. The van der Waals surface area contributed by atoms with Gasteiger partial charge in [0.05, 0.1) is 23.2 Å². The maximum Gasteiger partial charge on any atom is 0.251 e. The molecular formula is C35H41N3O5S. The SMILES string of the molecule is CCOc1ccc(N2CC=C[C@@H]3S[C@]45C=CCN(c6c(C)cccc6C)C(=O)C4N(CCCCCO)C(=O)[C@@H]5[C@@H]3C2=O)cc1. The molecule has 1 N–H and O–H groups in total. The molecule has 2 aromatic rings. The normalized spacial score (nSPS) is 27.7. The lowest BCUT2D eigenvalue weighted by Gasteiger charge is -2.36. The molecule has 3 amide bonds. The Balaban J connectivity index is 1.40. The summed E-state index contributed by atoms with van der Waals surface area (Å²) in [6.07, 6.45) is 10.2. The van der Waals surface area contributed by atoms with Gasteiger partial charge in [-0.25, -0.2) is 0 Å². The molecular weight excluding hydrogens is 574 g/mol. The van der Waals surface area contributed by atoms with Crippen molar-refractivity contribution in [2.45, 2.75) is 56.1 Å². The number of para-hydroxylation sites is 1. The fourth-order valence-corrected chi connectivity index (χ4v) is 9.51. The van der Waals surface area contributed by atoms with Crippen molar-refractivity contribution in [2.75, 3.05) is 42.6 Å². The zero-order valence-corrected chi connectivity index (χ0v) is 26.5. The first-order valence-electron chi connectivity index (χ1n) is 15.7. The van der Waals surface area contributed by atoms with Gasteiger partial charge >= 0.3 is 0 Å². The van der Waals surface area contributed by atoms with Gasteiger partial charge in [0.2, 0.25) is 11.8 Å². The highest BCUT2D eigenvalue weighted by atomic mass is 32.2. The minimum atomic E-state index is -0.867. The summed E-state index contributed by atoms with van der Waals surface area (Å²) in [4.78, 5) is 49.1. The molecule has 2 fully saturated rings. The molecule has 0 radical (unpaired) electrons. The van der Waals surface area contributed by atoms with Crippen LogP contribution in [0.15, 0.2) is 66.8 Å². The number of thioether (sulfide) groups is 1. The van der Waals surface area contributed by atoms with Gasteiger partial charge in [0.1, 0.15) is 11.8 Å². The quantitative estimate of drug-likeness (QED) is 0.326. The predicted octanol–water partition coefficient (Wildman–Crippen LogP) is 4.67. The van der Waals surface area contributed by atoms with E-state index in [1.165, 1.54) is 0 Å². The number of ether oxygens (including phenoxy) is 1. The van der Waals surface area contributed by atoms with Crippen LogP contribution < -0.4 is 14.5 Å². The number of fused-ring (bicyclic) bond motifs is 2. The second-order valence-corrected chi connectivity index (χ2v) is 13.5. The minimum absolute atomic E-state index is 0.0910. The molecule has 0 saturated carbocycles. The molecule has 6 rings (SSSR count). The Hall–Kier alpha value is -3.56. The Morgan fingerprint density at radius 1 is 0.909 bits per heavy atom. The van der Waals surface area contributed by atoms with Gasteiger partial charge in [-0.2, -0.15) is 0 Å². The van der Waals surface area contributed by atoms with Crippen LogP contribution in [-0.2, 0) is 14.4 Å². The van der Waals surface area contributed by atoms with E-state index >= 15 is 0 Å². The van der Waals surface area contributed by atoms with Gasteiger partial charge in [-0.1, -0.05) is 42.5 Å². The Morgan fingerprint density at radius 2 is 1.64 bits per heavy atom. The first kappa shape index (κ1) is 30.5. The molecule has 4 heterocycles. The minimum Gasteiger partial charge on any atom is -0.494 e. The molecule has 9 heteroatoms. The number of aliphatic hydroxyl groups is 1. The van der Waals surface area contributed by atoms with Crippen LogP contribution in [0.4, 0.5) is 11.4 Å². The number of rotatable bonds is 9. The van der Waals surface area contributed by atoms with Crippen LogP contribution in [0, 0.1) is 25.7 Å². The number of benzene rings is 2. The number of carbonyl (C=O) groups excluding carboxylic acids is 3. The highest BCUT2D eigenvalue weighted by molar-refractivity contribution is 8.02. The molecule has 1 unspecified atom stereocenters. The predicted molar refractivity (Wildman–Crippen MR) is 174 cm³/mol. The summed E-state index contributed by atoms with van der Waals surface area (Å²) in [7, 11) is 0. The fraction of sp³-hybridized carbons (Fsp3) is 0.457. The number of anilines is 2. The molecule has 232 valence electrons. The first-order valence-corrected chi connectivity index (χ1v) is 16.6. The summed E-state index contributed by atoms with van der Waals surface area (Å²) >= 11 is 1.60. The molecule has 0 aromatic heterocycles. The van der Waals surface area contributed by atoms with E-state index in [2.05, 4.69) is 12.2 Å². The standard InChI is InChI=1S/C35H41N3O5S/c1-4-43-26-16-14-25(15-17-26)36-20-9-13-27-28(32(36)40)29-33(41)38(19-6-5-7-22-39)31-34(42)37(21-10-18-35(29,31)44-27)30-23(2)11-8-12-24(30)3/h8-18,27-29,31,39H,4-7,19-22H2,1-3H3/t27-,28+,29-,31?,35-/m0/s1. The van der Waals surface area contributed by atoms with Gasteiger partial charge in [-0.05, 0) is 75.4 Å². The van der Waals surface area contributed by atoms with Crippen molar-refractivity contribution in [2.24, 2.45) is 11.8 Å². The molecule has 8 nitrogen and oxygen atoms in total. The number of aliphatic hydroxyl groups excluding tert-OH is 1. The number of nitrogens with zero attached hydrogens (tertiary/aromatic N) is 3. The van der Waals surface area contributed by atoms with Crippen molar-refractivity contribution in [3.8, 4) is 5.75 Å². The second kappa shape index (κ2) is 12.4. The summed E-state index contributed by atoms with van der Waals surface area (Å²) in [5.41, 5.74) is 3.65. The van der Waals surface area contributed by atoms with Crippen LogP contribution in [0.3, 0.4) is 0 Å². The van der Waals surface area contributed by atoms with Crippen molar-refractivity contribution < 1.29 is 24.2 Å². The number of likely N-dealkylation sites (tertiary alicyclic amines) is 1. The number of unbranched alkanes of at least 4 members (excludes halogenated alkanes) is 2. The maximum atomic E-state index is 14.8. The molecule has 4 aliphatic rings. The Bertz CT molecular complexity index is 1470. The average molecular weight is 616 g/mol. The van der Waals surface area contributed by atoms with E-state index < -0.39 is 22.6 Å². The number of hydrogen-bond donors (Lipinski definition) is 1. The number of aryl methyl sites for hydroxylation is 2. The Kier molecular flexibility index (Phi) is 8.61. The largest absolute Gasteiger partial charge is 0.494 e. The molecule has 2 saturated heterocycles. The van der Waals surface area contributed by atoms with Gasteiger partial charge < -0.3 is 24.5 Å². The van der Waals surface area contributed by atoms with Crippen molar-refractivity contribution in [1.29, 1.82) is 0 Å². The van der Waals surface area contributed by atoms with E-state index in [0.29, 0.717) is 39.1 Å². The molecule has 1 spiro atoms. The number of hydrogen-bond acceptors (Lipinski definition) is 6. The Morgan fingerprint density at radius 3 is 2.34 bits per heavy atom. The molecule has 2 aromatic carbocycles. The van der Waals surface area contributed by atoms with Crippen LogP contribution in [0.25, 0.3) is 0 Å². The lowest BCUT2D eigenvalue weighted by molar-refractivity contribution is -0.138. The summed E-state index contributed by atoms with van der Waals surface area (Å²) in [5, 5.41) is 9.13. The van der Waals surface area contributed by atoms with Gasteiger partial charge in [0.15, 0.2) is 0 Å². The summed E-state index contributed by atoms with van der Waals surface area (Å²) in [6, 6.07) is 12.8. The third kappa shape index (κ3) is 5.04. The molecule has 0 bridgehead atoms. The monoisotopic (exact) mass is 615 g/mol. The maximum absolute atomic E-state index is 14.8. The van der Waals surface area contributed by atoms with Crippen molar-refractivity contribution in [3.05, 3.63) is 77.9 Å². The third-order valence-electron chi connectivity index (χ3n) is 9.38. The lowest BCUT2D eigenvalue weighted by atomic mass is 9.78. The van der Waals surface area contributed by atoms with E-state index in [1.807, 2.05) is 80.3 Å². The second-order valence-electron chi connectivity index (χ2n) is 12.1. The van der Waals surface area contributed by atoms with E-state index in [9.17, 15) is 19.5 Å². The number of carbonyl (C=O) groups is 3. The van der Waals surface area contributed by atoms with Crippen LogP contribution in [0.1, 0.15) is 37.3 Å². The van der Waals surface area contributed by atoms with E-state index in [0.717, 1.165) is 34.7 Å². The van der Waals surface area contributed by atoms with Gasteiger partial charge in [0.25, 0.3) is 5.91 Å². The molecule has 5 atom stereocenters. The van der Waals surface area contributed by atoms with E-state index in [4.69, 9.17) is 4.74 Å². The first-order chi connectivity index (χ1) is 21.3. The highest BCUT2D eigenvalue weighted by Gasteiger charge is 2.71. The lowest BCUT2D eigenvalue weighted by Crippen LogP contribution is -2.53.